The minimum Gasteiger partial charge on any atom is -0.508 e. The van der Waals surface area contributed by atoms with E-state index in [1.165, 1.54) is 18.4 Å². The van der Waals surface area contributed by atoms with E-state index in [1.54, 1.807) is 12.1 Å². The van der Waals surface area contributed by atoms with Crippen LogP contribution < -0.4 is 0 Å². The van der Waals surface area contributed by atoms with Gasteiger partial charge in [-0.15, -0.1) is 0 Å². The van der Waals surface area contributed by atoms with Crippen LogP contribution in [-0.2, 0) is 0 Å². The van der Waals surface area contributed by atoms with Crippen LogP contribution in [0.1, 0.15) is 38.7 Å². The number of aromatic hydroxyl groups is 1. The van der Waals surface area contributed by atoms with Crippen LogP contribution in [0.4, 0.5) is 0 Å². The Hall–Kier alpha value is -1.24. The summed E-state index contributed by atoms with van der Waals surface area (Å²) in [6.07, 6.45) is 5.82. The quantitative estimate of drug-likeness (QED) is 0.712. The largest absolute Gasteiger partial charge is 0.508 e. The van der Waals surface area contributed by atoms with Crippen molar-refractivity contribution >= 4 is 5.57 Å². The maximum Gasteiger partial charge on any atom is 0.116 e. The molecule has 1 aromatic carbocycles. The van der Waals surface area contributed by atoms with E-state index >= 15 is 0 Å². The molecule has 76 valence electrons. The van der Waals surface area contributed by atoms with Crippen LogP contribution >= 0.6 is 0 Å². The molecule has 0 heterocycles. The summed E-state index contributed by atoms with van der Waals surface area (Å²) >= 11 is 0. The number of phenolic OH excluding ortho intramolecular Hbond substituents is 1. The first-order valence-corrected chi connectivity index (χ1v) is 5.20. The summed E-state index contributed by atoms with van der Waals surface area (Å²) < 4.78 is 0. The van der Waals surface area contributed by atoms with Gasteiger partial charge in [0.1, 0.15) is 5.75 Å². The van der Waals surface area contributed by atoms with Crippen molar-refractivity contribution in [2.45, 2.75) is 33.1 Å². The number of unbranched alkanes of at least 4 members (excludes halogenated alkanes) is 2. The fourth-order valence-electron chi connectivity index (χ4n) is 1.39. The highest BCUT2D eigenvalue weighted by Gasteiger charge is 1.95. The zero-order valence-corrected chi connectivity index (χ0v) is 8.96. The van der Waals surface area contributed by atoms with Crippen molar-refractivity contribution in [3.05, 3.63) is 35.9 Å². The molecule has 0 aliphatic rings. The smallest absolute Gasteiger partial charge is 0.116 e. The SMILES string of the molecule is CCCCC=C(C)c1cccc(O)c1. The Morgan fingerprint density at radius 2 is 2.21 bits per heavy atom. The van der Waals surface area contributed by atoms with E-state index in [-0.39, 0.29) is 0 Å². The highest BCUT2D eigenvalue weighted by atomic mass is 16.3. The van der Waals surface area contributed by atoms with Gasteiger partial charge in [0.15, 0.2) is 0 Å². The van der Waals surface area contributed by atoms with Crippen LogP contribution in [0.25, 0.3) is 5.57 Å². The topological polar surface area (TPSA) is 20.2 Å². The maximum atomic E-state index is 9.31. The van der Waals surface area contributed by atoms with Crippen molar-refractivity contribution in [2.24, 2.45) is 0 Å². The van der Waals surface area contributed by atoms with Gasteiger partial charge in [0, 0.05) is 0 Å². The van der Waals surface area contributed by atoms with Gasteiger partial charge >= 0.3 is 0 Å². The minimum absolute atomic E-state index is 0.339. The minimum atomic E-state index is 0.339. The lowest BCUT2D eigenvalue weighted by Gasteiger charge is -2.02. The predicted octanol–water partition coefficient (Wildman–Crippen LogP) is 3.99. The van der Waals surface area contributed by atoms with Crippen molar-refractivity contribution in [3.63, 3.8) is 0 Å². The van der Waals surface area contributed by atoms with E-state index in [9.17, 15) is 5.11 Å². The molecule has 0 spiro atoms. The lowest BCUT2D eigenvalue weighted by molar-refractivity contribution is 0.475. The van der Waals surface area contributed by atoms with Gasteiger partial charge < -0.3 is 5.11 Å². The molecule has 0 bridgehead atoms. The fourth-order valence-corrected chi connectivity index (χ4v) is 1.39. The maximum absolute atomic E-state index is 9.31. The number of phenols is 1. The number of hydrogen-bond donors (Lipinski definition) is 1. The van der Waals surface area contributed by atoms with Gasteiger partial charge in [-0.25, -0.2) is 0 Å². The number of hydrogen-bond acceptors (Lipinski definition) is 1. The van der Waals surface area contributed by atoms with Gasteiger partial charge in [0.2, 0.25) is 0 Å². The molecule has 0 amide bonds. The molecule has 0 aliphatic carbocycles. The van der Waals surface area contributed by atoms with E-state index in [0.717, 1.165) is 12.0 Å². The molecule has 1 rings (SSSR count). The zero-order valence-electron chi connectivity index (χ0n) is 8.96. The van der Waals surface area contributed by atoms with Crippen LogP contribution in [0.2, 0.25) is 0 Å². The first kappa shape index (κ1) is 10.8. The van der Waals surface area contributed by atoms with Crippen LogP contribution in [0.3, 0.4) is 0 Å². The third kappa shape index (κ3) is 3.25. The molecule has 0 saturated carbocycles. The lowest BCUT2D eigenvalue weighted by Crippen LogP contribution is -1.79. The third-order valence-corrected chi connectivity index (χ3v) is 2.31. The van der Waals surface area contributed by atoms with Gasteiger partial charge in [0.25, 0.3) is 0 Å². The van der Waals surface area contributed by atoms with Crippen LogP contribution in [0.5, 0.6) is 5.75 Å². The van der Waals surface area contributed by atoms with Gasteiger partial charge in [-0.3, -0.25) is 0 Å². The van der Waals surface area contributed by atoms with Crippen molar-refractivity contribution in [3.8, 4) is 5.75 Å². The molecule has 0 radical (unpaired) electrons. The average Bonchev–Trinajstić information content (AvgIpc) is 2.18. The summed E-state index contributed by atoms with van der Waals surface area (Å²) in [5.74, 6) is 0.339. The molecular weight excluding hydrogens is 172 g/mol. The number of rotatable bonds is 4. The van der Waals surface area contributed by atoms with Crippen LogP contribution in [-0.4, -0.2) is 5.11 Å². The monoisotopic (exact) mass is 190 g/mol. The molecule has 0 unspecified atom stereocenters. The molecule has 1 nitrogen and oxygen atoms in total. The summed E-state index contributed by atoms with van der Waals surface area (Å²) in [6, 6.07) is 7.40. The van der Waals surface area contributed by atoms with Crippen molar-refractivity contribution in [1.82, 2.24) is 0 Å². The zero-order chi connectivity index (χ0) is 10.4. The highest BCUT2D eigenvalue weighted by Crippen LogP contribution is 2.19. The van der Waals surface area contributed by atoms with Crippen molar-refractivity contribution < 1.29 is 5.11 Å². The summed E-state index contributed by atoms with van der Waals surface area (Å²) in [7, 11) is 0. The van der Waals surface area contributed by atoms with E-state index in [0.29, 0.717) is 5.75 Å². The van der Waals surface area contributed by atoms with Gasteiger partial charge in [-0.05, 0) is 36.6 Å². The molecule has 1 N–H and O–H groups in total. The fraction of sp³-hybridized carbons (Fsp3) is 0.385. The Kier molecular flexibility index (Phi) is 4.24. The predicted molar refractivity (Wildman–Crippen MR) is 61.3 cm³/mol. The number of benzene rings is 1. The summed E-state index contributed by atoms with van der Waals surface area (Å²) in [5.41, 5.74) is 2.36. The van der Waals surface area contributed by atoms with E-state index in [4.69, 9.17) is 0 Å². The lowest BCUT2D eigenvalue weighted by atomic mass is 10.1. The molecule has 0 fully saturated rings. The van der Waals surface area contributed by atoms with Gasteiger partial charge in [0.05, 0.1) is 0 Å². The van der Waals surface area contributed by atoms with Gasteiger partial charge in [-0.2, -0.15) is 0 Å². The van der Waals surface area contributed by atoms with Crippen LogP contribution in [0.15, 0.2) is 30.3 Å². The Bertz CT molecular complexity index is 313. The van der Waals surface area contributed by atoms with Crippen LogP contribution in [0, 0.1) is 0 Å². The molecule has 14 heavy (non-hydrogen) atoms. The van der Waals surface area contributed by atoms with E-state index in [2.05, 4.69) is 19.9 Å². The first-order chi connectivity index (χ1) is 6.74. The Labute approximate surface area is 86.1 Å². The second kappa shape index (κ2) is 5.48. The summed E-state index contributed by atoms with van der Waals surface area (Å²) in [5, 5.41) is 9.31. The highest BCUT2D eigenvalue weighted by molar-refractivity contribution is 5.64. The van der Waals surface area contributed by atoms with E-state index < -0.39 is 0 Å². The molecule has 1 heteroatoms. The second-order valence-electron chi connectivity index (χ2n) is 3.58. The van der Waals surface area contributed by atoms with Crippen molar-refractivity contribution in [2.75, 3.05) is 0 Å². The first-order valence-electron chi connectivity index (χ1n) is 5.20. The Morgan fingerprint density at radius 3 is 2.86 bits per heavy atom. The second-order valence-corrected chi connectivity index (χ2v) is 3.58. The molecule has 0 saturated heterocycles. The summed E-state index contributed by atoms with van der Waals surface area (Å²) in [6.45, 7) is 4.28. The number of allylic oxidation sites excluding steroid dienone is 2. The molecular formula is C13H18O. The normalized spacial score (nSPS) is 11.7. The molecule has 0 atom stereocenters. The van der Waals surface area contributed by atoms with Crippen molar-refractivity contribution in [1.29, 1.82) is 0 Å². The van der Waals surface area contributed by atoms with Gasteiger partial charge in [-0.1, -0.05) is 38.0 Å². The van der Waals surface area contributed by atoms with E-state index in [1.807, 2.05) is 12.1 Å². The third-order valence-electron chi connectivity index (χ3n) is 2.31. The average molecular weight is 190 g/mol. The molecule has 0 aromatic heterocycles. The Morgan fingerprint density at radius 1 is 1.43 bits per heavy atom. The molecule has 1 aromatic rings. The standard InChI is InChI=1S/C13H18O/c1-3-4-5-7-11(2)12-8-6-9-13(14)10-12/h6-10,14H,3-5H2,1-2H3. The Balaban J connectivity index is 2.68. The molecule has 0 aliphatic heterocycles. The summed E-state index contributed by atoms with van der Waals surface area (Å²) in [4.78, 5) is 0.